The Morgan fingerprint density at radius 3 is 2.50 bits per heavy atom. The molecule has 0 aromatic heterocycles. The van der Waals surface area contributed by atoms with Crippen LogP contribution in [0.25, 0.3) is 0 Å². The summed E-state index contributed by atoms with van der Waals surface area (Å²) in [5, 5.41) is 2.79. The van der Waals surface area contributed by atoms with Crippen molar-refractivity contribution in [2.75, 3.05) is 7.11 Å². The van der Waals surface area contributed by atoms with Crippen LogP contribution in [0.4, 0.5) is 4.79 Å². The topological polar surface area (TPSA) is 64.3 Å². The number of rotatable bonds is 4. The zero-order valence-electron chi connectivity index (χ0n) is 9.27. The van der Waals surface area contributed by atoms with E-state index in [2.05, 4.69) is 5.32 Å². The van der Waals surface area contributed by atoms with E-state index in [4.69, 9.17) is 10.5 Å². The number of methoxy groups -OCH3 is 1. The Morgan fingerprint density at radius 2 is 2.06 bits per heavy atom. The number of carbonyl (C=O) groups excluding carboxylic acids is 1. The molecule has 1 atom stereocenters. The first-order chi connectivity index (χ1) is 7.70. The van der Waals surface area contributed by atoms with Gasteiger partial charge in [-0.1, -0.05) is 12.1 Å². The normalized spacial score (nSPS) is 16.6. The van der Waals surface area contributed by atoms with Crippen LogP contribution in [-0.4, -0.2) is 13.1 Å². The fourth-order valence-corrected chi connectivity index (χ4v) is 1.87. The van der Waals surface area contributed by atoms with Gasteiger partial charge < -0.3 is 15.8 Å². The first-order valence-corrected chi connectivity index (χ1v) is 5.40. The molecule has 0 saturated heterocycles. The molecule has 0 bridgehead atoms. The molecule has 16 heavy (non-hydrogen) atoms. The molecule has 1 unspecified atom stereocenters. The van der Waals surface area contributed by atoms with Crippen LogP contribution in [0.5, 0.6) is 5.75 Å². The van der Waals surface area contributed by atoms with Crippen molar-refractivity contribution in [3.63, 3.8) is 0 Å². The second kappa shape index (κ2) is 4.43. The lowest BCUT2D eigenvalue weighted by Crippen LogP contribution is -2.34. The van der Waals surface area contributed by atoms with E-state index < -0.39 is 6.03 Å². The molecule has 0 radical (unpaired) electrons. The van der Waals surface area contributed by atoms with Crippen molar-refractivity contribution in [2.24, 2.45) is 11.7 Å². The van der Waals surface area contributed by atoms with Crippen molar-refractivity contribution in [1.29, 1.82) is 0 Å². The number of nitrogens with one attached hydrogen (secondary N) is 1. The van der Waals surface area contributed by atoms with Crippen LogP contribution < -0.4 is 15.8 Å². The average Bonchev–Trinajstić information content (AvgIpc) is 3.10. The van der Waals surface area contributed by atoms with Gasteiger partial charge in [0.2, 0.25) is 0 Å². The molecular weight excluding hydrogens is 204 g/mol. The lowest BCUT2D eigenvalue weighted by Gasteiger charge is -2.17. The molecule has 1 aliphatic rings. The predicted molar refractivity (Wildman–Crippen MR) is 61.2 cm³/mol. The number of amides is 2. The maximum atomic E-state index is 10.9. The maximum Gasteiger partial charge on any atom is 0.312 e. The highest BCUT2D eigenvalue weighted by molar-refractivity contribution is 5.72. The Bertz CT molecular complexity index is 371. The van der Waals surface area contributed by atoms with Crippen LogP contribution in [-0.2, 0) is 0 Å². The fourth-order valence-electron chi connectivity index (χ4n) is 1.87. The minimum atomic E-state index is -0.465. The van der Waals surface area contributed by atoms with Crippen molar-refractivity contribution in [2.45, 2.75) is 18.9 Å². The minimum Gasteiger partial charge on any atom is -0.497 e. The summed E-state index contributed by atoms with van der Waals surface area (Å²) in [6.45, 7) is 0. The van der Waals surface area contributed by atoms with E-state index >= 15 is 0 Å². The molecule has 4 nitrogen and oxygen atoms in total. The van der Waals surface area contributed by atoms with Gasteiger partial charge in [0.1, 0.15) is 5.75 Å². The van der Waals surface area contributed by atoms with E-state index in [0.29, 0.717) is 5.92 Å². The third-order valence-electron chi connectivity index (χ3n) is 2.87. The predicted octanol–water partition coefficient (Wildman–Crippen LogP) is 1.81. The summed E-state index contributed by atoms with van der Waals surface area (Å²) < 4.78 is 5.09. The highest BCUT2D eigenvalue weighted by atomic mass is 16.5. The lowest BCUT2D eigenvalue weighted by atomic mass is 10.0. The smallest absolute Gasteiger partial charge is 0.312 e. The van der Waals surface area contributed by atoms with Crippen molar-refractivity contribution >= 4 is 6.03 Å². The van der Waals surface area contributed by atoms with Gasteiger partial charge in [0.25, 0.3) is 0 Å². The number of nitrogens with two attached hydrogens (primary N) is 1. The summed E-state index contributed by atoms with van der Waals surface area (Å²) in [6.07, 6.45) is 2.30. The first kappa shape index (κ1) is 10.8. The van der Waals surface area contributed by atoms with Gasteiger partial charge in [0.15, 0.2) is 0 Å². The molecule has 3 N–H and O–H groups in total. The van der Waals surface area contributed by atoms with Crippen LogP contribution in [0, 0.1) is 5.92 Å². The number of ether oxygens (including phenoxy) is 1. The zero-order valence-corrected chi connectivity index (χ0v) is 9.27. The van der Waals surface area contributed by atoms with Crippen LogP contribution in [0.1, 0.15) is 24.4 Å². The van der Waals surface area contributed by atoms with Crippen LogP contribution in [0.2, 0.25) is 0 Å². The van der Waals surface area contributed by atoms with E-state index in [-0.39, 0.29) is 6.04 Å². The molecule has 2 amide bonds. The Morgan fingerprint density at radius 1 is 1.44 bits per heavy atom. The maximum absolute atomic E-state index is 10.9. The molecule has 0 spiro atoms. The Hall–Kier alpha value is -1.71. The van der Waals surface area contributed by atoms with Crippen LogP contribution in [0.3, 0.4) is 0 Å². The van der Waals surface area contributed by atoms with E-state index in [1.807, 2.05) is 24.3 Å². The second-order valence-electron chi connectivity index (χ2n) is 4.10. The van der Waals surface area contributed by atoms with Crippen molar-refractivity contribution in [3.8, 4) is 5.75 Å². The number of carbonyl (C=O) groups is 1. The van der Waals surface area contributed by atoms with Crippen molar-refractivity contribution in [1.82, 2.24) is 5.32 Å². The third-order valence-corrected chi connectivity index (χ3v) is 2.87. The molecule has 4 heteroatoms. The summed E-state index contributed by atoms with van der Waals surface area (Å²) in [5.41, 5.74) is 6.26. The number of primary amides is 1. The van der Waals surface area contributed by atoms with Gasteiger partial charge in [0, 0.05) is 0 Å². The highest BCUT2D eigenvalue weighted by Crippen LogP contribution is 2.41. The molecule has 1 aromatic carbocycles. The summed E-state index contributed by atoms with van der Waals surface area (Å²) in [4.78, 5) is 10.9. The van der Waals surface area contributed by atoms with Crippen molar-refractivity contribution < 1.29 is 9.53 Å². The largest absolute Gasteiger partial charge is 0.497 e. The SMILES string of the molecule is COc1ccc(C(NC(N)=O)C2CC2)cc1. The number of hydrogen-bond donors (Lipinski definition) is 2. The summed E-state index contributed by atoms with van der Waals surface area (Å²) in [5.74, 6) is 1.35. The Labute approximate surface area is 94.8 Å². The van der Waals surface area contributed by atoms with Crippen LogP contribution in [0.15, 0.2) is 24.3 Å². The molecule has 1 aliphatic carbocycles. The molecule has 1 saturated carbocycles. The molecule has 2 rings (SSSR count). The fraction of sp³-hybridized carbons (Fsp3) is 0.417. The number of urea groups is 1. The van der Waals surface area contributed by atoms with Gasteiger partial charge in [0.05, 0.1) is 13.2 Å². The lowest BCUT2D eigenvalue weighted by molar-refractivity contribution is 0.244. The minimum absolute atomic E-state index is 0.0448. The summed E-state index contributed by atoms with van der Waals surface area (Å²) in [7, 11) is 1.63. The second-order valence-corrected chi connectivity index (χ2v) is 4.10. The van der Waals surface area contributed by atoms with Gasteiger partial charge in [-0.25, -0.2) is 4.79 Å². The highest BCUT2D eigenvalue weighted by Gasteiger charge is 2.32. The number of hydrogen-bond acceptors (Lipinski definition) is 2. The van der Waals surface area contributed by atoms with Gasteiger partial charge in [-0.15, -0.1) is 0 Å². The molecule has 0 heterocycles. The molecule has 1 fully saturated rings. The van der Waals surface area contributed by atoms with Gasteiger partial charge in [-0.2, -0.15) is 0 Å². The molecular formula is C12H16N2O2. The van der Waals surface area contributed by atoms with Gasteiger partial charge >= 0.3 is 6.03 Å². The zero-order chi connectivity index (χ0) is 11.5. The van der Waals surface area contributed by atoms with E-state index in [0.717, 1.165) is 24.2 Å². The van der Waals surface area contributed by atoms with Gasteiger partial charge in [-0.3, -0.25) is 0 Å². The monoisotopic (exact) mass is 220 g/mol. The average molecular weight is 220 g/mol. The Kier molecular flexibility index (Phi) is 2.99. The summed E-state index contributed by atoms with van der Waals surface area (Å²) >= 11 is 0. The molecule has 1 aromatic rings. The van der Waals surface area contributed by atoms with E-state index in [1.54, 1.807) is 7.11 Å². The quantitative estimate of drug-likeness (QED) is 0.812. The first-order valence-electron chi connectivity index (χ1n) is 5.40. The molecule has 0 aliphatic heterocycles. The summed E-state index contributed by atoms with van der Waals surface area (Å²) in [6, 6.07) is 7.31. The standard InChI is InChI=1S/C12H16N2O2/c1-16-10-6-4-9(5-7-10)11(8-2-3-8)14-12(13)15/h4-8,11H,2-3H2,1H3,(H3,13,14,15). The third kappa shape index (κ3) is 2.45. The van der Waals surface area contributed by atoms with E-state index in [9.17, 15) is 4.79 Å². The van der Waals surface area contributed by atoms with Crippen molar-refractivity contribution in [3.05, 3.63) is 29.8 Å². The Balaban J connectivity index is 2.14. The van der Waals surface area contributed by atoms with E-state index in [1.165, 1.54) is 0 Å². The number of benzene rings is 1. The van der Waals surface area contributed by atoms with Gasteiger partial charge in [-0.05, 0) is 36.5 Å². The molecule has 86 valence electrons. The van der Waals surface area contributed by atoms with Crippen LogP contribution >= 0.6 is 0 Å².